The van der Waals surface area contributed by atoms with Gasteiger partial charge in [-0.2, -0.15) is 26.3 Å². The highest BCUT2D eigenvalue weighted by Gasteiger charge is 2.48. The van der Waals surface area contributed by atoms with Crippen LogP contribution in [0.4, 0.5) is 31.3 Å². The SMILES string of the molecule is CCOC(=O)c1cc(-c2ccccc2)sc1NC(=O)C1C=C(C(F)(F)F)C=C1C(F)(F)F. The Morgan fingerprint density at radius 1 is 1.06 bits per heavy atom. The number of esters is 1. The molecule has 0 spiro atoms. The maximum Gasteiger partial charge on any atom is 0.416 e. The summed E-state index contributed by atoms with van der Waals surface area (Å²) in [6.45, 7) is 1.55. The van der Waals surface area contributed by atoms with Crippen LogP contribution < -0.4 is 5.32 Å². The number of anilines is 1. The second kappa shape index (κ2) is 8.81. The molecule has 1 aliphatic rings. The Balaban J connectivity index is 1.97. The van der Waals surface area contributed by atoms with Crippen LogP contribution in [-0.4, -0.2) is 30.8 Å². The summed E-state index contributed by atoms with van der Waals surface area (Å²) in [6, 6.07) is 10.0. The second-order valence-electron chi connectivity index (χ2n) is 6.62. The van der Waals surface area contributed by atoms with Crippen LogP contribution >= 0.6 is 11.3 Å². The van der Waals surface area contributed by atoms with Crippen molar-refractivity contribution >= 4 is 28.2 Å². The third kappa shape index (κ3) is 5.04. The molecule has 1 amide bonds. The minimum absolute atomic E-state index is 0.00397. The smallest absolute Gasteiger partial charge is 0.416 e. The fourth-order valence-corrected chi connectivity index (χ4v) is 4.06. The third-order valence-electron chi connectivity index (χ3n) is 4.45. The van der Waals surface area contributed by atoms with Crippen LogP contribution in [0.3, 0.4) is 0 Å². The van der Waals surface area contributed by atoms with E-state index in [0.29, 0.717) is 10.4 Å². The summed E-state index contributed by atoms with van der Waals surface area (Å²) in [4.78, 5) is 25.4. The molecule has 3 rings (SSSR count). The van der Waals surface area contributed by atoms with E-state index in [2.05, 4.69) is 5.32 Å². The molecule has 1 aliphatic carbocycles. The van der Waals surface area contributed by atoms with Crippen LogP contribution in [0.25, 0.3) is 10.4 Å². The quantitative estimate of drug-likeness (QED) is 0.418. The van der Waals surface area contributed by atoms with E-state index in [1.54, 1.807) is 37.3 Å². The maximum absolute atomic E-state index is 13.3. The normalized spacial score (nSPS) is 16.4. The molecule has 1 aromatic carbocycles. The molecule has 4 nitrogen and oxygen atoms in total. The van der Waals surface area contributed by atoms with Gasteiger partial charge in [-0.15, -0.1) is 11.3 Å². The Morgan fingerprint density at radius 3 is 2.28 bits per heavy atom. The zero-order valence-electron chi connectivity index (χ0n) is 16.3. The topological polar surface area (TPSA) is 55.4 Å². The summed E-state index contributed by atoms with van der Waals surface area (Å²) < 4.78 is 83.7. The van der Waals surface area contributed by atoms with Gasteiger partial charge in [-0.3, -0.25) is 4.79 Å². The van der Waals surface area contributed by atoms with Crippen molar-refractivity contribution in [2.75, 3.05) is 11.9 Å². The van der Waals surface area contributed by atoms with E-state index in [4.69, 9.17) is 4.74 Å². The number of thiophene rings is 1. The summed E-state index contributed by atoms with van der Waals surface area (Å²) in [6.07, 6.45) is -10.1. The van der Waals surface area contributed by atoms with E-state index in [0.717, 1.165) is 11.3 Å². The molecule has 1 atom stereocenters. The molecule has 1 aromatic heterocycles. The van der Waals surface area contributed by atoms with Gasteiger partial charge in [0.2, 0.25) is 5.91 Å². The van der Waals surface area contributed by atoms with Gasteiger partial charge in [0, 0.05) is 10.5 Å². The first-order chi connectivity index (χ1) is 14.9. The number of allylic oxidation sites excluding steroid dienone is 2. The van der Waals surface area contributed by atoms with Crippen LogP contribution in [0.15, 0.2) is 59.7 Å². The molecule has 0 radical (unpaired) electrons. The predicted octanol–water partition coefficient (Wildman–Crippen LogP) is 6.14. The molecule has 0 bridgehead atoms. The second-order valence-corrected chi connectivity index (χ2v) is 7.68. The van der Waals surface area contributed by atoms with Crippen molar-refractivity contribution in [1.29, 1.82) is 0 Å². The van der Waals surface area contributed by atoms with E-state index in [1.165, 1.54) is 6.07 Å². The molecule has 0 aliphatic heterocycles. The lowest BCUT2D eigenvalue weighted by atomic mass is 10.0. The van der Waals surface area contributed by atoms with Gasteiger partial charge in [-0.05, 0) is 24.6 Å². The van der Waals surface area contributed by atoms with Gasteiger partial charge in [0.15, 0.2) is 0 Å². The maximum atomic E-state index is 13.3. The molecule has 0 fully saturated rings. The number of amides is 1. The fraction of sp³-hybridized carbons (Fsp3) is 0.238. The average Bonchev–Trinajstić information content (AvgIpc) is 3.33. The Morgan fingerprint density at radius 2 is 1.72 bits per heavy atom. The molecule has 1 unspecified atom stereocenters. The van der Waals surface area contributed by atoms with Gasteiger partial charge in [0.05, 0.1) is 23.7 Å². The molecule has 2 aromatic rings. The first-order valence-corrected chi connectivity index (χ1v) is 9.98. The number of benzene rings is 1. The number of nitrogens with one attached hydrogen (secondary N) is 1. The highest BCUT2D eigenvalue weighted by atomic mass is 32.1. The molecule has 0 saturated heterocycles. The minimum Gasteiger partial charge on any atom is -0.462 e. The number of carbonyl (C=O) groups is 2. The van der Waals surface area contributed by atoms with Crippen LogP contribution in [-0.2, 0) is 9.53 Å². The molecular formula is C21H15F6NO3S. The van der Waals surface area contributed by atoms with Gasteiger partial charge in [0.1, 0.15) is 5.00 Å². The van der Waals surface area contributed by atoms with Gasteiger partial charge in [-0.1, -0.05) is 36.4 Å². The summed E-state index contributed by atoms with van der Waals surface area (Å²) in [5, 5.41) is 2.06. The van der Waals surface area contributed by atoms with Crippen molar-refractivity contribution in [3.05, 3.63) is 65.3 Å². The lowest BCUT2D eigenvalue weighted by Gasteiger charge is -2.16. The highest BCUT2D eigenvalue weighted by molar-refractivity contribution is 7.20. The zero-order chi connectivity index (χ0) is 23.7. The molecule has 32 heavy (non-hydrogen) atoms. The van der Waals surface area contributed by atoms with Crippen molar-refractivity contribution in [2.24, 2.45) is 5.92 Å². The summed E-state index contributed by atoms with van der Waals surface area (Å²) in [7, 11) is 0. The average molecular weight is 475 g/mol. The van der Waals surface area contributed by atoms with Gasteiger partial charge in [0.25, 0.3) is 0 Å². The molecule has 170 valence electrons. The summed E-state index contributed by atoms with van der Waals surface area (Å²) in [5.74, 6) is -4.39. The standard InChI is InChI=1S/C21H15F6NO3S/c1-2-31-19(30)14-10-16(11-6-4-3-5-7-11)32-18(14)28-17(29)13-8-12(20(22,23)24)9-15(13)21(25,26)27/h3-10,13H,2H2,1H3,(H,28,29). The van der Waals surface area contributed by atoms with E-state index < -0.39 is 41.3 Å². The number of rotatable bonds is 5. The van der Waals surface area contributed by atoms with Crippen LogP contribution in [0.1, 0.15) is 17.3 Å². The molecular weight excluding hydrogens is 460 g/mol. The first kappa shape index (κ1) is 23.6. The third-order valence-corrected chi connectivity index (χ3v) is 5.55. The van der Waals surface area contributed by atoms with Crippen LogP contribution in [0.5, 0.6) is 0 Å². The van der Waals surface area contributed by atoms with E-state index in [1.807, 2.05) is 0 Å². The Bertz CT molecular complexity index is 1080. The van der Waals surface area contributed by atoms with Crippen molar-refractivity contribution in [1.82, 2.24) is 0 Å². The Hall–Kier alpha value is -3.08. The summed E-state index contributed by atoms with van der Waals surface area (Å²) >= 11 is 0.893. The van der Waals surface area contributed by atoms with Crippen LogP contribution in [0.2, 0.25) is 0 Å². The number of hydrogen-bond donors (Lipinski definition) is 1. The van der Waals surface area contributed by atoms with E-state index in [-0.39, 0.29) is 29.3 Å². The van der Waals surface area contributed by atoms with Crippen LogP contribution in [0, 0.1) is 5.92 Å². The summed E-state index contributed by atoms with van der Waals surface area (Å²) in [5.41, 5.74) is -2.65. The van der Waals surface area contributed by atoms with Gasteiger partial charge >= 0.3 is 18.3 Å². The predicted molar refractivity (Wildman–Crippen MR) is 106 cm³/mol. The molecule has 11 heteroatoms. The monoisotopic (exact) mass is 475 g/mol. The van der Waals surface area contributed by atoms with E-state index in [9.17, 15) is 35.9 Å². The Kier molecular flexibility index (Phi) is 6.49. The number of carbonyl (C=O) groups excluding carboxylic acids is 2. The van der Waals surface area contributed by atoms with E-state index >= 15 is 0 Å². The van der Waals surface area contributed by atoms with Gasteiger partial charge in [-0.25, -0.2) is 4.79 Å². The lowest BCUT2D eigenvalue weighted by molar-refractivity contribution is -0.123. The number of ether oxygens (including phenoxy) is 1. The molecule has 1 N–H and O–H groups in total. The molecule has 0 saturated carbocycles. The first-order valence-electron chi connectivity index (χ1n) is 9.17. The Labute approximate surface area is 182 Å². The van der Waals surface area contributed by atoms with Crippen molar-refractivity contribution in [2.45, 2.75) is 19.3 Å². The number of alkyl halides is 6. The minimum atomic E-state index is -5.15. The zero-order valence-corrected chi connectivity index (χ0v) is 17.1. The lowest BCUT2D eigenvalue weighted by Crippen LogP contribution is -2.28. The van der Waals surface area contributed by atoms with Crippen molar-refractivity contribution < 1.29 is 40.7 Å². The van der Waals surface area contributed by atoms with Crippen molar-refractivity contribution in [3.8, 4) is 10.4 Å². The van der Waals surface area contributed by atoms with Crippen molar-refractivity contribution in [3.63, 3.8) is 0 Å². The molecule has 1 heterocycles. The van der Waals surface area contributed by atoms with Gasteiger partial charge < -0.3 is 10.1 Å². The largest absolute Gasteiger partial charge is 0.462 e. The highest BCUT2D eigenvalue weighted by Crippen LogP contribution is 2.43. The number of hydrogen-bond acceptors (Lipinski definition) is 4. The number of halogens is 6. The fourth-order valence-electron chi connectivity index (χ4n) is 3.00.